The number of rotatable bonds is 2. The highest BCUT2D eigenvalue weighted by atomic mass is 32.1. The second-order valence-electron chi connectivity index (χ2n) is 2.84. The third-order valence-corrected chi connectivity index (χ3v) is 2.41. The zero-order valence-corrected chi connectivity index (χ0v) is 8.40. The maximum atomic E-state index is 9.86. The molecule has 2 rings (SSSR count). The van der Waals surface area contributed by atoms with E-state index in [0.717, 1.165) is 0 Å². The molecule has 1 unspecified atom stereocenters. The van der Waals surface area contributed by atoms with Gasteiger partial charge in [-0.1, -0.05) is 0 Å². The fourth-order valence-corrected chi connectivity index (χ4v) is 1.71. The first kappa shape index (κ1) is 9.23. The van der Waals surface area contributed by atoms with Gasteiger partial charge in [-0.15, -0.1) is 11.3 Å². The van der Waals surface area contributed by atoms with Crippen LogP contribution in [0.4, 0.5) is 0 Å². The summed E-state index contributed by atoms with van der Waals surface area (Å²) in [7, 11) is 0. The molecule has 0 bridgehead atoms. The molecule has 4 nitrogen and oxygen atoms in total. The molecule has 0 saturated heterocycles. The van der Waals surface area contributed by atoms with Crippen LogP contribution in [0.15, 0.2) is 23.2 Å². The second kappa shape index (κ2) is 3.81. The average Bonchev–Trinajstić information content (AvgIpc) is 2.69. The van der Waals surface area contributed by atoms with E-state index in [1.165, 1.54) is 11.3 Å². The Labute approximate surface area is 85.3 Å². The van der Waals surface area contributed by atoms with Gasteiger partial charge < -0.3 is 5.11 Å². The summed E-state index contributed by atoms with van der Waals surface area (Å²) in [6, 6.07) is 1.69. The predicted molar refractivity (Wildman–Crippen MR) is 52.9 cm³/mol. The molecule has 0 aliphatic rings. The number of thiazole rings is 1. The van der Waals surface area contributed by atoms with E-state index >= 15 is 0 Å². The summed E-state index contributed by atoms with van der Waals surface area (Å²) in [4.78, 5) is 12.1. The van der Waals surface area contributed by atoms with Crippen LogP contribution in [0.25, 0.3) is 0 Å². The minimum Gasteiger partial charge on any atom is -0.380 e. The van der Waals surface area contributed by atoms with E-state index in [0.29, 0.717) is 17.2 Å². The van der Waals surface area contributed by atoms with Crippen LogP contribution in [0, 0.1) is 6.92 Å². The second-order valence-corrected chi connectivity index (χ2v) is 3.56. The summed E-state index contributed by atoms with van der Waals surface area (Å²) < 4.78 is 0. The number of aliphatic hydroxyl groups excluding tert-OH is 1. The molecule has 0 amide bonds. The minimum absolute atomic E-state index is 0.586. The molecule has 1 atom stereocenters. The van der Waals surface area contributed by atoms with Gasteiger partial charge in [-0.2, -0.15) is 0 Å². The molecule has 0 aromatic carbocycles. The van der Waals surface area contributed by atoms with E-state index in [1.807, 2.05) is 5.38 Å². The van der Waals surface area contributed by atoms with Gasteiger partial charge in [0.05, 0.1) is 16.9 Å². The zero-order chi connectivity index (χ0) is 9.97. The van der Waals surface area contributed by atoms with Crippen LogP contribution < -0.4 is 0 Å². The Kier molecular flexibility index (Phi) is 2.51. The molecule has 5 heteroatoms. The number of aryl methyl sites for hydroxylation is 1. The lowest BCUT2D eigenvalue weighted by atomic mass is 10.2. The van der Waals surface area contributed by atoms with Gasteiger partial charge in [0.25, 0.3) is 0 Å². The highest BCUT2D eigenvalue weighted by Crippen LogP contribution is 2.19. The molecule has 0 radical (unpaired) electrons. The Morgan fingerprint density at radius 2 is 2.21 bits per heavy atom. The van der Waals surface area contributed by atoms with Crippen molar-refractivity contribution in [2.75, 3.05) is 0 Å². The average molecular weight is 207 g/mol. The monoisotopic (exact) mass is 207 g/mol. The predicted octanol–water partition coefficient (Wildman–Crippen LogP) is 1.32. The molecule has 0 fully saturated rings. The van der Waals surface area contributed by atoms with Gasteiger partial charge in [0.1, 0.15) is 11.9 Å². The zero-order valence-electron chi connectivity index (χ0n) is 7.58. The Balaban J connectivity index is 2.32. The molecule has 0 saturated carbocycles. The molecule has 14 heavy (non-hydrogen) atoms. The first-order chi connectivity index (χ1) is 6.77. The lowest BCUT2D eigenvalue weighted by Gasteiger charge is -2.06. The van der Waals surface area contributed by atoms with Crippen molar-refractivity contribution in [2.24, 2.45) is 0 Å². The Morgan fingerprint density at radius 1 is 1.36 bits per heavy atom. The number of aromatic nitrogens is 3. The maximum absolute atomic E-state index is 9.86. The third kappa shape index (κ3) is 1.78. The van der Waals surface area contributed by atoms with E-state index in [1.54, 1.807) is 24.7 Å². The molecule has 2 heterocycles. The van der Waals surface area contributed by atoms with Gasteiger partial charge >= 0.3 is 0 Å². The summed E-state index contributed by atoms with van der Waals surface area (Å²) in [5.41, 5.74) is 2.91. The fourth-order valence-electron chi connectivity index (χ4n) is 1.14. The number of hydrogen-bond donors (Lipinski definition) is 1. The summed E-state index contributed by atoms with van der Waals surface area (Å²) in [5.74, 6) is 0.650. The molecule has 0 aliphatic carbocycles. The number of nitrogens with zero attached hydrogens (tertiary/aromatic N) is 3. The molecule has 2 aromatic heterocycles. The lowest BCUT2D eigenvalue weighted by molar-refractivity contribution is 0.210. The van der Waals surface area contributed by atoms with Crippen LogP contribution in [0.2, 0.25) is 0 Å². The quantitative estimate of drug-likeness (QED) is 0.807. The molecule has 72 valence electrons. The maximum Gasteiger partial charge on any atom is 0.139 e. The third-order valence-electron chi connectivity index (χ3n) is 1.81. The van der Waals surface area contributed by atoms with Crippen LogP contribution in [0.1, 0.15) is 23.3 Å². The summed E-state index contributed by atoms with van der Waals surface area (Å²) in [6.07, 6.45) is 0.885. The molecule has 0 aliphatic heterocycles. The molecule has 2 aromatic rings. The first-order valence-corrected chi connectivity index (χ1v) is 5.07. The van der Waals surface area contributed by atoms with Crippen molar-refractivity contribution >= 4 is 11.3 Å². The summed E-state index contributed by atoms with van der Waals surface area (Å²) in [5, 5.41) is 11.7. The topological polar surface area (TPSA) is 58.9 Å². The standard InChI is InChI=1S/C9H9N3OS/c1-6-10-3-2-7(12-6)9(13)8-4-14-5-11-8/h2-5,9,13H,1H3. The van der Waals surface area contributed by atoms with Crippen LogP contribution >= 0.6 is 11.3 Å². The minimum atomic E-state index is -0.747. The summed E-state index contributed by atoms with van der Waals surface area (Å²) >= 11 is 1.45. The Morgan fingerprint density at radius 3 is 2.86 bits per heavy atom. The normalized spacial score (nSPS) is 12.7. The van der Waals surface area contributed by atoms with Gasteiger partial charge in [0.15, 0.2) is 0 Å². The van der Waals surface area contributed by atoms with Crippen molar-refractivity contribution in [1.82, 2.24) is 15.0 Å². The van der Waals surface area contributed by atoms with Crippen molar-refractivity contribution < 1.29 is 5.11 Å². The molecular formula is C9H9N3OS. The van der Waals surface area contributed by atoms with Crippen molar-refractivity contribution in [3.8, 4) is 0 Å². The van der Waals surface area contributed by atoms with Gasteiger partial charge in [-0.3, -0.25) is 0 Å². The smallest absolute Gasteiger partial charge is 0.139 e. The lowest BCUT2D eigenvalue weighted by Crippen LogP contribution is -2.04. The van der Waals surface area contributed by atoms with Crippen LogP contribution in [0.3, 0.4) is 0 Å². The van der Waals surface area contributed by atoms with E-state index in [9.17, 15) is 5.11 Å². The van der Waals surface area contributed by atoms with Crippen LogP contribution in [-0.2, 0) is 0 Å². The van der Waals surface area contributed by atoms with Gasteiger partial charge in [-0.05, 0) is 13.0 Å². The SMILES string of the molecule is Cc1nccc(C(O)c2cscn2)n1. The fraction of sp³-hybridized carbons (Fsp3) is 0.222. The van der Waals surface area contributed by atoms with Crippen molar-refractivity contribution in [2.45, 2.75) is 13.0 Å². The van der Waals surface area contributed by atoms with Gasteiger partial charge in [-0.25, -0.2) is 15.0 Å². The van der Waals surface area contributed by atoms with Crippen molar-refractivity contribution in [1.29, 1.82) is 0 Å². The first-order valence-electron chi connectivity index (χ1n) is 4.13. The van der Waals surface area contributed by atoms with E-state index in [2.05, 4.69) is 15.0 Å². The van der Waals surface area contributed by atoms with E-state index in [4.69, 9.17) is 0 Å². The van der Waals surface area contributed by atoms with E-state index in [-0.39, 0.29) is 0 Å². The number of aliphatic hydroxyl groups is 1. The van der Waals surface area contributed by atoms with E-state index < -0.39 is 6.10 Å². The largest absolute Gasteiger partial charge is 0.380 e. The molecular weight excluding hydrogens is 198 g/mol. The highest BCUT2D eigenvalue weighted by molar-refractivity contribution is 7.07. The van der Waals surface area contributed by atoms with Gasteiger partial charge in [0, 0.05) is 11.6 Å². The Bertz CT molecular complexity index is 416. The van der Waals surface area contributed by atoms with Gasteiger partial charge in [0.2, 0.25) is 0 Å². The van der Waals surface area contributed by atoms with Crippen molar-refractivity contribution in [3.63, 3.8) is 0 Å². The van der Waals surface area contributed by atoms with Crippen molar-refractivity contribution in [3.05, 3.63) is 40.4 Å². The van der Waals surface area contributed by atoms with Crippen LogP contribution in [-0.4, -0.2) is 20.1 Å². The molecule has 0 spiro atoms. The summed E-state index contributed by atoms with van der Waals surface area (Å²) in [6.45, 7) is 1.79. The Hall–Kier alpha value is -1.33. The number of hydrogen-bond acceptors (Lipinski definition) is 5. The molecule has 1 N–H and O–H groups in total. The highest BCUT2D eigenvalue weighted by Gasteiger charge is 2.13. The van der Waals surface area contributed by atoms with Crippen LogP contribution in [0.5, 0.6) is 0 Å².